The van der Waals surface area contributed by atoms with Gasteiger partial charge in [0.05, 0.1) is 19.6 Å². The van der Waals surface area contributed by atoms with Crippen molar-refractivity contribution in [3.63, 3.8) is 0 Å². The number of ether oxygens (including phenoxy) is 1. The third kappa shape index (κ3) is 6.26. The number of methoxy groups -OCH3 is 1. The Morgan fingerprint density at radius 3 is 2.85 bits per heavy atom. The Morgan fingerprint density at radius 2 is 2.23 bits per heavy atom. The summed E-state index contributed by atoms with van der Waals surface area (Å²) < 4.78 is 6.87. The van der Waals surface area contributed by atoms with Crippen molar-refractivity contribution in [1.29, 1.82) is 0 Å². The molecule has 0 aliphatic carbocycles. The van der Waals surface area contributed by atoms with E-state index in [1.807, 2.05) is 10.6 Å². The number of esters is 1. The maximum Gasteiger partial charge on any atom is 0.308 e. The molecule has 0 bridgehead atoms. The molecule has 1 aromatic rings. The number of hydrogen-bond donors (Lipinski definition) is 1. The van der Waals surface area contributed by atoms with E-state index < -0.39 is 0 Å². The molecule has 1 aromatic heterocycles. The predicted molar refractivity (Wildman–Crippen MR) is 112 cm³/mol. The maximum atomic E-state index is 11.7. The minimum absolute atomic E-state index is 0. The predicted octanol–water partition coefficient (Wildman–Crippen LogP) is 1.48. The number of nitrogens with one attached hydrogen (secondary N) is 1. The fourth-order valence-corrected chi connectivity index (χ4v) is 2.93. The second-order valence-electron chi connectivity index (χ2n) is 5.95. The summed E-state index contributed by atoms with van der Waals surface area (Å²) in [6, 6.07) is 0. The molecular weight excluding hydrogens is 447 g/mol. The Bertz CT molecular complexity index is 596. The molecule has 1 saturated heterocycles. The number of piperidine rings is 1. The quantitative estimate of drug-likeness (QED) is 0.211. The van der Waals surface area contributed by atoms with Crippen LogP contribution < -0.4 is 5.32 Å². The number of likely N-dealkylation sites (tertiary alicyclic amines) is 1. The van der Waals surface area contributed by atoms with E-state index in [-0.39, 0.29) is 35.9 Å². The zero-order chi connectivity index (χ0) is 18.1. The summed E-state index contributed by atoms with van der Waals surface area (Å²) in [6.45, 7) is 9.43. The van der Waals surface area contributed by atoms with Gasteiger partial charge in [-0.05, 0) is 12.8 Å². The largest absolute Gasteiger partial charge is 0.469 e. The van der Waals surface area contributed by atoms with Crippen molar-refractivity contribution in [2.24, 2.45) is 10.9 Å². The van der Waals surface area contributed by atoms with Gasteiger partial charge >= 0.3 is 5.97 Å². The Morgan fingerprint density at radius 1 is 1.50 bits per heavy atom. The van der Waals surface area contributed by atoms with Gasteiger partial charge in [0.1, 0.15) is 12.2 Å². The van der Waals surface area contributed by atoms with Crippen molar-refractivity contribution in [3.05, 3.63) is 24.8 Å². The number of hydrogen-bond acceptors (Lipinski definition) is 5. The Kier molecular flexibility index (Phi) is 10.2. The number of aliphatic imine (C=N–C) groups is 1. The van der Waals surface area contributed by atoms with Gasteiger partial charge in [0, 0.05) is 32.6 Å². The van der Waals surface area contributed by atoms with Crippen LogP contribution in [0.25, 0.3) is 0 Å². The van der Waals surface area contributed by atoms with Crippen LogP contribution in [0, 0.1) is 5.92 Å². The van der Waals surface area contributed by atoms with Gasteiger partial charge in [-0.2, -0.15) is 0 Å². The fraction of sp³-hybridized carbons (Fsp3) is 0.647. The summed E-state index contributed by atoms with van der Waals surface area (Å²) in [5.41, 5.74) is 0. The van der Waals surface area contributed by atoms with Crippen molar-refractivity contribution < 1.29 is 9.53 Å². The smallest absolute Gasteiger partial charge is 0.308 e. The first-order chi connectivity index (χ1) is 12.2. The molecule has 0 atom stereocenters. The van der Waals surface area contributed by atoms with Crippen LogP contribution in [0.15, 0.2) is 24.0 Å². The first kappa shape index (κ1) is 22.4. The van der Waals surface area contributed by atoms with Gasteiger partial charge in [-0.3, -0.25) is 9.79 Å². The average Bonchev–Trinajstić information content (AvgIpc) is 3.11. The molecular formula is C17H29IN6O2. The van der Waals surface area contributed by atoms with Crippen molar-refractivity contribution in [3.8, 4) is 0 Å². The number of aryl methyl sites for hydroxylation is 1. The van der Waals surface area contributed by atoms with Crippen LogP contribution in [0.1, 0.15) is 25.6 Å². The molecule has 1 fully saturated rings. The van der Waals surface area contributed by atoms with Gasteiger partial charge in [-0.25, -0.2) is 0 Å². The normalized spacial score (nSPS) is 15.3. The number of nitrogens with zero attached hydrogens (tertiary/aromatic N) is 5. The average molecular weight is 476 g/mol. The summed E-state index contributed by atoms with van der Waals surface area (Å²) >= 11 is 0. The van der Waals surface area contributed by atoms with Gasteiger partial charge in [0.25, 0.3) is 0 Å². The Hall–Kier alpha value is -1.65. The minimum Gasteiger partial charge on any atom is -0.469 e. The molecule has 8 nitrogen and oxygen atoms in total. The summed E-state index contributed by atoms with van der Waals surface area (Å²) in [6.07, 6.45) is 5.98. The highest BCUT2D eigenvalue weighted by atomic mass is 127. The molecule has 2 heterocycles. The maximum absolute atomic E-state index is 11.7. The standard InChI is InChI=1S/C17H28N6O2.HI/c1-4-8-18-17(19-9-12-23-13-20-21-15(23)5-2)22-10-6-14(7-11-22)16(24)25-3;/h4,13-14H,1,5-12H2,2-3H3,(H,18,19);1H. The van der Waals surface area contributed by atoms with Crippen LogP contribution in [-0.2, 0) is 22.5 Å². The molecule has 1 aliphatic heterocycles. The lowest BCUT2D eigenvalue weighted by molar-refractivity contribution is -0.146. The van der Waals surface area contributed by atoms with Gasteiger partial charge in [0.15, 0.2) is 5.96 Å². The highest BCUT2D eigenvalue weighted by Crippen LogP contribution is 2.18. The molecule has 0 saturated carbocycles. The number of aromatic nitrogens is 3. The van der Waals surface area contributed by atoms with Gasteiger partial charge < -0.3 is 19.5 Å². The number of carbonyl (C=O) groups excluding carboxylic acids is 1. The Balaban J connectivity index is 0.00000338. The zero-order valence-electron chi connectivity index (χ0n) is 15.6. The summed E-state index contributed by atoms with van der Waals surface area (Å²) in [7, 11) is 1.45. The second-order valence-corrected chi connectivity index (χ2v) is 5.95. The van der Waals surface area contributed by atoms with Crippen LogP contribution >= 0.6 is 24.0 Å². The van der Waals surface area contributed by atoms with E-state index in [2.05, 4.69) is 33.9 Å². The number of guanidine groups is 1. The van der Waals surface area contributed by atoms with E-state index in [1.54, 1.807) is 6.33 Å². The van der Waals surface area contributed by atoms with Gasteiger partial charge in [-0.15, -0.1) is 40.8 Å². The van der Waals surface area contributed by atoms with Crippen molar-refractivity contribution in [2.75, 3.05) is 33.3 Å². The van der Waals surface area contributed by atoms with E-state index in [0.717, 1.165) is 50.7 Å². The SMILES string of the molecule is C=CCNC(=NCCn1cnnc1CC)N1CCC(C(=O)OC)CC1.I. The summed E-state index contributed by atoms with van der Waals surface area (Å²) in [5.74, 6) is 1.70. The lowest BCUT2D eigenvalue weighted by atomic mass is 9.97. The molecule has 0 unspecified atom stereocenters. The minimum atomic E-state index is -0.114. The molecule has 146 valence electrons. The first-order valence-electron chi connectivity index (χ1n) is 8.78. The number of rotatable bonds is 7. The zero-order valence-corrected chi connectivity index (χ0v) is 17.9. The topological polar surface area (TPSA) is 84.6 Å². The molecule has 1 aliphatic rings. The van der Waals surface area contributed by atoms with Crippen LogP contribution in [0.4, 0.5) is 0 Å². The number of carbonyl (C=O) groups is 1. The van der Waals surface area contributed by atoms with Crippen LogP contribution in [0.5, 0.6) is 0 Å². The monoisotopic (exact) mass is 476 g/mol. The van der Waals surface area contributed by atoms with Gasteiger partial charge in [-0.1, -0.05) is 13.0 Å². The molecule has 0 radical (unpaired) electrons. The molecule has 9 heteroatoms. The van der Waals surface area contributed by atoms with E-state index in [1.165, 1.54) is 7.11 Å². The molecule has 2 rings (SSSR count). The highest BCUT2D eigenvalue weighted by Gasteiger charge is 2.26. The molecule has 0 amide bonds. The van der Waals surface area contributed by atoms with E-state index in [4.69, 9.17) is 9.73 Å². The molecule has 1 N–H and O–H groups in total. The first-order valence-corrected chi connectivity index (χ1v) is 8.78. The lowest BCUT2D eigenvalue weighted by Gasteiger charge is -2.33. The summed E-state index contributed by atoms with van der Waals surface area (Å²) in [4.78, 5) is 18.6. The van der Waals surface area contributed by atoms with E-state index in [0.29, 0.717) is 13.1 Å². The summed E-state index contributed by atoms with van der Waals surface area (Å²) in [5, 5.41) is 11.3. The van der Waals surface area contributed by atoms with Crippen molar-refractivity contribution in [2.45, 2.75) is 32.7 Å². The van der Waals surface area contributed by atoms with Crippen molar-refractivity contribution >= 4 is 35.9 Å². The lowest BCUT2D eigenvalue weighted by Crippen LogP contribution is -2.47. The third-order valence-corrected chi connectivity index (χ3v) is 4.35. The van der Waals surface area contributed by atoms with E-state index in [9.17, 15) is 4.79 Å². The highest BCUT2D eigenvalue weighted by molar-refractivity contribution is 14.0. The third-order valence-electron chi connectivity index (χ3n) is 4.35. The second kappa shape index (κ2) is 11.9. The molecule has 26 heavy (non-hydrogen) atoms. The molecule has 0 spiro atoms. The van der Waals surface area contributed by atoms with Gasteiger partial charge in [0.2, 0.25) is 0 Å². The molecule has 0 aromatic carbocycles. The Labute approximate surface area is 172 Å². The van der Waals surface area contributed by atoms with Crippen LogP contribution in [0.2, 0.25) is 0 Å². The van der Waals surface area contributed by atoms with Crippen LogP contribution in [0.3, 0.4) is 0 Å². The number of halogens is 1. The van der Waals surface area contributed by atoms with Crippen molar-refractivity contribution in [1.82, 2.24) is 25.0 Å². The fourth-order valence-electron chi connectivity index (χ4n) is 2.93. The van der Waals surface area contributed by atoms with E-state index >= 15 is 0 Å². The van der Waals surface area contributed by atoms with Crippen LogP contribution in [-0.4, -0.2) is 64.9 Å².